The number of rotatable bonds is 6. The van der Waals surface area contributed by atoms with Crippen LogP contribution in [-0.2, 0) is 29.9 Å². The summed E-state index contributed by atoms with van der Waals surface area (Å²) in [6.45, 7) is 1.87. The summed E-state index contributed by atoms with van der Waals surface area (Å²) in [6, 6.07) is 10.3. The summed E-state index contributed by atoms with van der Waals surface area (Å²) < 4.78 is 79.2. The van der Waals surface area contributed by atoms with Gasteiger partial charge in [-0.3, -0.25) is 0 Å². The van der Waals surface area contributed by atoms with Gasteiger partial charge in [0.2, 0.25) is 29.9 Å². The molecular formula is C20H24N2O6S3. The second-order valence-corrected chi connectivity index (χ2v) is 13.5. The number of sulfonamides is 2. The van der Waals surface area contributed by atoms with E-state index in [9.17, 15) is 25.3 Å². The smallest absolute Gasteiger partial charge is 0.219 e. The monoisotopic (exact) mass is 484 g/mol. The van der Waals surface area contributed by atoms with Crippen molar-refractivity contribution in [3.05, 3.63) is 48.5 Å². The molecule has 2 fully saturated rings. The van der Waals surface area contributed by atoms with Gasteiger partial charge in [-0.1, -0.05) is 0 Å². The summed E-state index contributed by atoms with van der Waals surface area (Å²) >= 11 is 0. The molecule has 0 N–H and O–H groups in total. The summed E-state index contributed by atoms with van der Waals surface area (Å²) in [5.41, 5.74) is 0. The minimum absolute atomic E-state index is 0.0528. The molecule has 0 amide bonds. The van der Waals surface area contributed by atoms with Crippen LogP contribution in [0.1, 0.15) is 25.7 Å². The van der Waals surface area contributed by atoms with E-state index in [1.165, 1.54) is 57.1 Å². The van der Waals surface area contributed by atoms with Gasteiger partial charge in [0.15, 0.2) is 0 Å². The van der Waals surface area contributed by atoms with Gasteiger partial charge in [0.25, 0.3) is 0 Å². The second-order valence-electron chi connectivity index (χ2n) is 7.67. The van der Waals surface area contributed by atoms with Gasteiger partial charge < -0.3 is 0 Å². The van der Waals surface area contributed by atoms with Gasteiger partial charge in [0.1, 0.15) is 0 Å². The van der Waals surface area contributed by atoms with Gasteiger partial charge in [0, 0.05) is 26.2 Å². The van der Waals surface area contributed by atoms with E-state index in [-0.39, 0.29) is 19.6 Å². The molecule has 4 rings (SSSR count). The molecule has 2 aliphatic heterocycles. The van der Waals surface area contributed by atoms with Gasteiger partial charge >= 0.3 is 0 Å². The highest BCUT2D eigenvalue weighted by atomic mass is 32.2. The maximum Gasteiger partial charge on any atom is 0.243 e. The van der Waals surface area contributed by atoms with Crippen molar-refractivity contribution >= 4 is 29.9 Å². The normalized spacial score (nSPS) is 19.1. The van der Waals surface area contributed by atoms with Crippen LogP contribution in [0.25, 0.3) is 0 Å². The maximum absolute atomic E-state index is 12.9. The lowest BCUT2D eigenvalue weighted by Crippen LogP contribution is -2.27. The van der Waals surface area contributed by atoms with Crippen molar-refractivity contribution in [2.75, 3.05) is 26.2 Å². The molecule has 0 bridgehead atoms. The molecule has 2 heterocycles. The van der Waals surface area contributed by atoms with Crippen molar-refractivity contribution in [1.29, 1.82) is 0 Å². The van der Waals surface area contributed by atoms with Crippen LogP contribution >= 0.6 is 0 Å². The lowest BCUT2D eigenvalue weighted by atomic mass is 10.4. The van der Waals surface area contributed by atoms with Crippen LogP contribution in [0.5, 0.6) is 0 Å². The molecular weight excluding hydrogens is 460 g/mol. The summed E-state index contributed by atoms with van der Waals surface area (Å²) in [7, 11) is -11.2. The standard InChI is InChI=1S/C20H24N2O6S3/c23-29(24,17-5-9-19(10-6-17)30(25,26)21-13-1-2-14-21)18-7-11-20(12-8-18)31(27,28)22-15-3-4-16-22/h5-12H,1-4,13-16H2. The quantitative estimate of drug-likeness (QED) is 0.621. The van der Waals surface area contributed by atoms with E-state index in [2.05, 4.69) is 0 Å². The Morgan fingerprint density at radius 1 is 0.452 bits per heavy atom. The van der Waals surface area contributed by atoms with Crippen LogP contribution < -0.4 is 0 Å². The van der Waals surface area contributed by atoms with Crippen LogP contribution in [0.2, 0.25) is 0 Å². The Morgan fingerprint density at radius 3 is 1.00 bits per heavy atom. The van der Waals surface area contributed by atoms with E-state index in [4.69, 9.17) is 0 Å². The number of sulfone groups is 1. The molecule has 0 radical (unpaired) electrons. The Bertz CT molecular complexity index is 1160. The number of hydrogen-bond acceptors (Lipinski definition) is 6. The van der Waals surface area contributed by atoms with Gasteiger partial charge in [-0.2, -0.15) is 8.61 Å². The number of benzene rings is 2. The summed E-state index contributed by atoms with van der Waals surface area (Å²) in [6.07, 6.45) is 3.26. The molecule has 11 heteroatoms. The van der Waals surface area contributed by atoms with E-state index in [1.54, 1.807) is 0 Å². The Balaban J connectivity index is 1.58. The largest absolute Gasteiger partial charge is 0.243 e. The lowest BCUT2D eigenvalue weighted by Gasteiger charge is -2.16. The first-order valence-electron chi connectivity index (χ1n) is 10.1. The van der Waals surface area contributed by atoms with Crippen LogP contribution in [0.4, 0.5) is 0 Å². The molecule has 31 heavy (non-hydrogen) atoms. The average Bonchev–Trinajstić information content (AvgIpc) is 3.48. The van der Waals surface area contributed by atoms with E-state index in [1.807, 2.05) is 0 Å². The Morgan fingerprint density at radius 2 is 0.710 bits per heavy atom. The van der Waals surface area contributed by atoms with Crippen molar-refractivity contribution in [2.45, 2.75) is 45.3 Å². The molecule has 2 aliphatic rings. The molecule has 0 aromatic heterocycles. The third-order valence-corrected chi connectivity index (χ3v) is 11.3. The Hall–Kier alpha value is -1.79. The minimum Gasteiger partial charge on any atom is -0.219 e. The van der Waals surface area contributed by atoms with Crippen molar-refractivity contribution in [1.82, 2.24) is 8.61 Å². The first-order valence-corrected chi connectivity index (χ1v) is 14.5. The molecule has 0 unspecified atom stereocenters. The molecule has 8 nitrogen and oxygen atoms in total. The van der Waals surface area contributed by atoms with Crippen LogP contribution in [0.15, 0.2) is 68.1 Å². The van der Waals surface area contributed by atoms with Crippen molar-refractivity contribution < 1.29 is 25.3 Å². The number of hydrogen-bond donors (Lipinski definition) is 0. The van der Waals surface area contributed by atoms with Crippen LogP contribution in [0.3, 0.4) is 0 Å². The predicted molar refractivity (Wildman–Crippen MR) is 114 cm³/mol. The van der Waals surface area contributed by atoms with Gasteiger partial charge in [0.05, 0.1) is 19.6 Å². The molecule has 0 saturated carbocycles. The molecule has 2 aromatic rings. The first-order chi connectivity index (χ1) is 14.6. The van der Waals surface area contributed by atoms with Gasteiger partial charge in [-0.15, -0.1) is 0 Å². The Labute approximate surface area is 183 Å². The van der Waals surface area contributed by atoms with Crippen molar-refractivity contribution in [3.8, 4) is 0 Å². The fourth-order valence-electron chi connectivity index (χ4n) is 3.87. The molecule has 0 spiro atoms. The third-order valence-electron chi connectivity index (χ3n) is 5.67. The molecule has 0 atom stereocenters. The van der Waals surface area contributed by atoms with Gasteiger partial charge in [-0.25, -0.2) is 25.3 Å². The van der Waals surface area contributed by atoms with Crippen LogP contribution in [-0.4, -0.2) is 60.0 Å². The highest BCUT2D eigenvalue weighted by molar-refractivity contribution is 7.91. The highest BCUT2D eigenvalue weighted by Gasteiger charge is 2.29. The van der Waals surface area contributed by atoms with Crippen molar-refractivity contribution in [2.24, 2.45) is 0 Å². The summed E-state index contributed by atoms with van der Waals surface area (Å²) in [5.74, 6) is 0. The van der Waals surface area contributed by atoms with E-state index >= 15 is 0 Å². The van der Waals surface area contributed by atoms with E-state index in [0.717, 1.165) is 25.7 Å². The van der Waals surface area contributed by atoms with Crippen molar-refractivity contribution in [3.63, 3.8) is 0 Å². The zero-order valence-corrected chi connectivity index (χ0v) is 19.3. The minimum atomic E-state index is -3.92. The van der Waals surface area contributed by atoms with E-state index in [0.29, 0.717) is 26.2 Å². The first kappa shape index (κ1) is 22.4. The molecule has 2 saturated heterocycles. The Kier molecular flexibility index (Phi) is 5.99. The third kappa shape index (κ3) is 4.17. The van der Waals surface area contributed by atoms with Crippen LogP contribution in [0, 0.1) is 0 Å². The zero-order chi connectivity index (χ0) is 22.3. The topological polar surface area (TPSA) is 109 Å². The van der Waals surface area contributed by atoms with E-state index < -0.39 is 29.9 Å². The maximum atomic E-state index is 12.9. The molecule has 168 valence electrons. The fraction of sp³-hybridized carbons (Fsp3) is 0.400. The fourth-order valence-corrected chi connectivity index (χ4v) is 8.17. The molecule has 0 aliphatic carbocycles. The summed E-state index contributed by atoms with van der Waals surface area (Å²) in [5, 5.41) is 0. The second kappa shape index (κ2) is 8.28. The summed E-state index contributed by atoms with van der Waals surface area (Å²) in [4.78, 5) is 0.00635. The zero-order valence-electron chi connectivity index (χ0n) is 16.8. The SMILES string of the molecule is O=S(=O)(c1ccc(S(=O)(=O)N2CCCC2)cc1)c1ccc(S(=O)(=O)N2CCCC2)cc1. The predicted octanol–water partition coefficient (Wildman–Crippen LogP) is 2.09. The lowest BCUT2D eigenvalue weighted by molar-refractivity contribution is 0.476. The number of nitrogens with zero attached hydrogens (tertiary/aromatic N) is 2. The molecule has 2 aromatic carbocycles. The van der Waals surface area contributed by atoms with Gasteiger partial charge in [-0.05, 0) is 74.2 Å². The highest BCUT2D eigenvalue weighted by Crippen LogP contribution is 2.27. The average molecular weight is 485 g/mol.